The SMILES string of the molecule is CC=CCCCCCC.O. The number of unbranched alkanes of at least 4 members (excludes halogenated alkanes) is 4. The van der Waals surface area contributed by atoms with Gasteiger partial charge in [-0.15, -0.1) is 0 Å². The van der Waals surface area contributed by atoms with Crippen molar-refractivity contribution >= 4 is 0 Å². The summed E-state index contributed by atoms with van der Waals surface area (Å²) in [5, 5.41) is 0. The molecule has 0 heterocycles. The summed E-state index contributed by atoms with van der Waals surface area (Å²) in [6.45, 7) is 4.33. The summed E-state index contributed by atoms with van der Waals surface area (Å²) >= 11 is 0. The minimum Gasteiger partial charge on any atom is -0.412 e. The van der Waals surface area contributed by atoms with Crippen LogP contribution in [0.1, 0.15) is 46.0 Å². The maximum absolute atomic E-state index is 2.25. The molecule has 0 fully saturated rings. The van der Waals surface area contributed by atoms with Crippen LogP contribution in [-0.4, -0.2) is 5.48 Å². The third-order valence-corrected chi connectivity index (χ3v) is 1.46. The van der Waals surface area contributed by atoms with Gasteiger partial charge in [0.1, 0.15) is 0 Å². The quantitative estimate of drug-likeness (QED) is 0.420. The van der Waals surface area contributed by atoms with E-state index < -0.39 is 0 Å². The Kier molecular flexibility index (Phi) is 14.2. The molecule has 0 aliphatic carbocycles. The van der Waals surface area contributed by atoms with E-state index in [2.05, 4.69) is 26.0 Å². The molecule has 0 aliphatic rings. The molecule has 0 spiro atoms. The Morgan fingerprint density at radius 2 is 1.80 bits per heavy atom. The lowest BCUT2D eigenvalue weighted by molar-refractivity contribution is 0.674. The molecule has 2 N–H and O–H groups in total. The van der Waals surface area contributed by atoms with Crippen LogP contribution in [0.15, 0.2) is 12.2 Å². The normalized spacial score (nSPS) is 9.80. The van der Waals surface area contributed by atoms with Crippen LogP contribution in [0.3, 0.4) is 0 Å². The summed E-state index contributed by atoms with van der Waals surface area (Å²) in [5.41, 5.74) is 0. The highest BCUT2D eigenvalue weighted by atomic mass is 16.0. The van der Waals surface area contributed by atoms with Crippen molar-refractivity contribution in [3.63, 3.8) is 0 Å². The zero-order valence-electron chi connectivity index (χ0n) is 7.19. The van der Waals surface area contributed by atoms with Crippen molar-refractivity contribution in [1.82, 2.24) is 0 Å². The van der Waals surface area contributed by atoms with E-state index in [0.29, 0.717) is 0 Å². The lowest BCUT2D eigenvalue weighted by Gasteiger charge is -1.92. The molecule has 0 saturated heterocycles. The molecule has 0 bridgehead atoms. The first-order valence-corrected chi connectivity index (χ1v) is 4.03. The summed E-state index contributed by atoms with van der Waals surface area (Å²) in [4.78, 5) is 0. The molecule has 0 saturated carbocycles. The van der Waals surface area contributed by atoms with E-state index in [-0.39, 0.29) is 5.48 Å². The summed E-state index contributed by atoms with van der Waals surface area (Å²) < 4.78 is 0. The Hall–Kier alpha value is -0.300. The molecule has 1 heteroatoms. The molecule has 1 nitrogen and oxygen atoms in total. The summed E-state index contributed by atoms with van der Waals surface area (Å²) in [5.74, 6) is 0. The molecule has 0 aromatic carbocycles. The molecule has 62 valence electrons. The van der Waals surface area contributed by atoms with Gasteiger partial charge in [-0.05, 0) is 19.8 Å². The molecule has 10 heavy (non-hydrogen) atoms. The van der Waals surface area contributed by atoms with Crippen molar-refractivity contribution in [3.05, 3.63) is 12.2 Å². The van der Waals surface area contributed by atoms with Crippen LogP contribution in [0.4, 0.5) is 0 Å². The highest BCUT2D eigenvalue weighted by Crippen LogP contribution is 2.02. The molecule has 0 unspecified atom stereocenters. The highest BCUT2D eigenvalue weighted by molar-refractivity contribution is 4.75. The van der Waals surface area contributed by atoms with E-state index in [1.165, 1.54) is 32.1 Å². The van der Waals surface area contributed by atoms with E-state index in [1.54, 1.807) is 0 Å². The van der Waals surface area contributed by atoms with E-state index in [9.17, 15) is 0 Å². The molecule has 0 aromatic rings. The van der Waals surface area contributed by atoms with Crippen molar-refractivity contribution in [2.24, 2.45) is 0 Å². The number of allylic oxidation sites excluding steroid dienone is 2. The highest BCUT2D eigenvalue weighted by Gasteiger charge is 1.82. The van der Waals surface area contributed by atoms with Gasteiger partial charge in [0.25, 0.3) is 0 Å². The summed E-state index contributed by atoms with van der Waals surface area (Å²) in [6.07, 6.45) is 11.2. The van der Waals surface area contributed by atoms with Gasteiger partial charge < -0.3 is 5.48 Å². The van der Waals surface area contributed by atoms with E-state index >= 15 is 0 Å². The van der Waals surface area contributed by atoms with Crippen LogP contribution in [0.5, 0.6) is 0 Å². The smallest absolute Gasteiger partial charge is 0.0351 e. The lowest BCUT2D eigenvalue weighted by atomic mass is 10.1. The standard InChI is InChI=1S/C9H18.H2O/c1-3-5-7-9-8-6-4-2;/h3,5H,4,6-9H2,1-2H3;1H2. The zero-order valence-corrected chi connectivity index (χ0v) is 7.19. The van der Waals surface area contributed by atoms with Crippen molar-refractivity contribution in [2.75, 3.05) is 0 Å². The van der Waals surface area contributed by atoms with Crippen LogP contribution < -0.4 is 0 Å². The Morgan fingerprint density at radius 1 is 1.10 bits per heavy atom. The van der Waals surface area contributed by atoms with Crippen LogP contribution in [0, 0.1) is 0 Å². The average Bonchev–Trinajstić information content (AvgIpc) is 1.89. The number of hydrogen-bond donors (Lipinski definition) is 0. The molecule has 0 aliphatic heterocycles. The molecule has 0 rings (SSSR count). The van der Waals surface area contributed by atoms with Crippen LogP contribution in [-0.2, 0) is 0 Å². The molecule has 0 amide bonds. The molecular weight excluding hydrogens is 124 g/mol. The monoisotopic (exact) mass is 144 g/mol. The van der Waals surface area contributed by atoms with Crippen molar-refractivity contribution < 1.29 is 5.48 Å². The van der Waals surface area contributed by atoms with Crippen molar-refractivity contribution in [1.29, 1.82) is 0 Å². The fraction of sp³-hybridized carbons (Fsp3) is 0.778. The van der Waals surface area contributed by atoms with E-state index in [4.69, 9.17) is 0 Å². The second-order valence-electron chi connectivity index (χ2n) is 2.42. The maximum atomic E-state index is 2.25. The first-order valence-electron chi connectivity index (χ1n) is 4.03. The first-order chi connectivity index (χ1) is 4.41. The van der Waals surface area contributed by atoms with Gasteiger partial charge in [0, 0.05) is 0 Å². The summed E-state index contributed by atoms with van der Waals surface area (Å²) in [6, 6.07) is 0. The predicted molar refractivity (Wildman–Crippen MR) is 47.2 cm³/mol. The fourth-order valence-electron chi connectivity index (χ4n) is 0.856. The molecular formula is C9H20O. The Morgan fingerprint density at radius 3 is 2.30 bits per heavy atom. The Balaban J connectivity index is 0. The van der Waals surface area contributed by atoms with Crippen LogP contribution >= 0.6 is 0 Å². The van der Waals surface area contributed by atoms with Gasteiger partial charge in [-0.25, -0.2) is 0 Å². The van der Waals surface area contributed by atoms with Crippen molar-refractivity contribution in [3.8, 4) is 0 Å². The molecule has 0 radical (unpaired) electrons. The largest absolute Gasteiger partial charge is 0.412 e. The van der Waals surface area contributed by atoms with Gasteiger partial charge in [0.05, 0.1) is 0 Å². The molecule has 0 aromatic heterocycles. The first kappa shape index (κ1) is 12.4. The summed E-state index contributed by atoms with van der Waals surface area (Å²) in [7, 11) is 0. The second kappa shape index (κ2) is 11.5. The van der Waals surface area contributed by atoms with Gasteiger partial charge in [0.15, 0.2) is 0 Å². The lowest BCUT2D eigenvalue weighted by Crippen LogP contribution is -1.72. The third kappa shape index (κ3) is 10.6. The van der Waals surface area contributed by atoms with Crippen LogP contribution in [0.25, 0.3) is 0 Å². The Labute approximate surface area is 64.4 Å². The topological polar surface area (TPSA) is 31.5 Å². The number of rotatable bonds is 5. The van der Waals surface area contributed by atoms with Gasteiger partial charge in [-0.3, -0.25) is 0 Å². The van der Waals surface area contributed by atoms with Gasteiger partial charge in [0.2, 0.25) is 0 Å². The molecule has 0 atom stereocenters. The van der Waals surface area contributed by atoms with Crippen LogP contribution in [0.2, 0.25) is 0 Å². The zero-order chi connectivity index (χ0) is 6.95. The van der Waals surface area contributed by atoms with Gasteiger partial charge in [-0.1, -0.05) is 38.3 Å². The van der Waals surface area contributed by atoms with E-state index in [0.717, 1.165) is 0 Å². The van der Waals surface area contributed by atoms with Gasteiger partial charge in [-0.2, -0.15) is 0 Å². The predicted octanol–water partition coefficient (Wildman–Crippen LogP) is 2.71. The fourth-order valence-corrected chi connectivity index (χ4v) is 0.856. The number of hydrogen-bond acceptors (Lipinski definition) is 0. The average molecular weight is 144 g/mol. The minimum atomic E-state index is 0. The van der Waals surface area contributed by atoms with Crippen molar-refractivity contribution in [2.45, 2.75) is 46.0 Å². The minimum absolute atomic E-state index is 0. The maximum Gasteiger partial charge on any atom is -0.0351 e. The van der Waals surface area contributed by atoms with E-state index in [1.807, 2.05) is 0 Å². The van der Waals surface area contributed by atoms with Gasteiger partial charge >= 0.3 is 0 Å². The second-order valence-corrected chi connectivity index (χ2v) is 2.42. The third-order valence-electron chi connectivity index (χ3n) is 1.46. The Bertz CT molecular complexity index is 67.1.